The van der Waals surface area contributed by atoms with Gasteiger partial charge < -0.3 is 14.8 Å². The van der Waals surface area contributed by atoms with Crippen LogP contribution in [0, 0.1) is 12.7 Å². The number of hydrogen-bond donors (Lipinski definition) is 2. The molecular formula is C13H14FNO3. The second-order valence-electron chi connectivity index (χ2n) is 4.23. The van der Waals surface area contributed by atoms with Crippen molar-refractivity contribution in [3.63, 3.8) is 0 Å². The zero-order chi connectivity index (χ0) is 13.3. The summed E-state index contributed by atoms with van der Waals surface area (Å²) in [5.74, 6) is -0.870. The number of carbonyl (C=O) groups excluding carboxylic acids is 1. The molecule has 0 saturated carbocycles. The fourth-order valence-corrected chi connectivity index (χ4v) is 1.75. The Morgan fingerprint density at radius 2 is 2.28 bits per heavy atom. The molecule has 0 bridgehead atoms. The summed E-state index contributed by atoms with van der Waals surface area (Å²) in [7, 11) is 0. The first-order valence-corrected chi connectivity index (χ1v) is 5.64. The highest BCUT2D eigenvalue weighted by Crippen LogP contribution is 2.27. The lowest BCUT2D eigenvalue weighted by atomic mass is 10.1. The molecule has 18 heavy (non-hydrogen) atoms. The number of fused-ring (bicyclic) bond motifs is 1. The molecule has 4 nitrogen and oxygen atoms in total. The van der Waals surface area contributed by atoms with E-state index in [-0.39, 0.29) is 17.9 Å². The van der Waals surface area contributed by atoms with Gasteiger partial charge in [0.25, 0.3) is 5.91 Å². The van der Waals surface area contributed by atoms with Crippen LogP contribution in [0.25, 0.3) is 11.0 Å². The van der Waals surface area contributed by atoms with Gasteiger partial charge in [0.1, 0.15) is 0 Å². The van der Waals surface area contributed by atoms with Gasteiger partial charge in [-0.15, -0.1) is 0 Å². The number of halogens is 1. The topological polar surface area (TPSA) is 62.5 Å². The van der Waals surface area contributed by atoms with E-state index in [2.05, 4.69) is 5.32 Å². The highest BCUT2D eigenvalue weighted by Gasteiger charge is 2.19. The number of amides is 1. The quantitative estimate of drug-likeness (QED) is 0.876. The Labute approximate surface area is 103 Å². The van der Waals surface area contributed by atoms with E-state index >= 15 is 0 Å². The molecule has 1 atom stereocenters. The molecule has 0 radical (unpaired) electrons. The van der Waals surface area contributed by atoms with Gasteiger partial charge in [-0.1, -0.05) is 12.1 Å². The number of hydrogen-bond acceptors (Lipinski definition) is 3. The summed E-state index contributed by atoms with van der Waals surface area (Å²) in [6.45, 7) is 3.38. The van der Waals surface area contributed by atoms with Gasteiger partial charge in [-0.05, 0) is 19.9 Å². The number of benzene rings is 1. The molecule has 0 spiro atoms. The Morgan fingerprint density at radius 3 is 2.89 bits per heavy atom. The van der Waals surface area contributed by atoms with Gasteiger partial charge in [0.05, 0.1) is 6.10 Å². The minimum Gasteiger partial charge on any atom is -0.448 e. The molecule has 96 valence electrons. The third-order valence-electron chi connectivity index (χ3n) is 2.68. The minimum absolute atomic E-state index is 0.0794. The number of nitrogens with one attached hydrogen (secondary N) is 1. The number of rotatable bonds is 3. The number of aliphatic hydroxyl groups is 1. The van der Waals surface area contributed by atoms with Crippen molar-refractivity contribution >= 4 is 16.9 Å². The molecule has 1 aromatic carbocycles. The first kappa shape index (κ1) is 12.6. The standard InChI is InChI=1S/C13H14FNO3/c1-7(16)6-15-13(17)11-8(2)9-4-3-5-10(14)12(9)18-11/h3-5,7,16H,6H2,1-2H3,(H,15,17)/t7-/m0/s1. The summed E-state index contributed by atoms with van der Waals surface area (Å²) in [6, 6.07) is 4.54. The molecule has 0 saturated heterocycles. The van der Waals surface area contributed by atoms with Crippen LogP contribution in [0.2, 0.25) is 0 Å². The van der Waals surface area contributed by atoms with Gasteiger partial charge in [0, 0.05) is 17.5 Å². The highest BCUT2D eigenvalue weighted by atomic mass is 19.1. The van der Waals surface area contributed by atoms with Crippen LogP contribution in [-0.2, 0) is 0 Å². The molecule has 0 aliphatic rings. The first-order chi connectivity index (χ1) is 8.50. The van der Waals surface area contributed by atoms with Crippen molar-refractivity contribution in [2.75, 3.05) is 6.54 Å². The number of carbonyl (C=O) groups is 1. The maximum atomic E-state index is 13.5. The number of para-hydroxylation sites is 1. The lowest BCUT2D eigenvalue weighted by Crippen LogP contribution is -2.30. The Kier molecular flexibility index (Phi) is 3.34. The van der Waals surface area contributed by atoms with Gasteiger partial charge >= 0.3 is 0 Å². The van der Waals surface area contributed by atoms with Crippen molar-refractivity contribution in [2.45, 2.75) is 20.0 Å². The summed E-state index contributed by atoms with van der Waals surface area (Å²) in [5, 5.41) is 12.2. The monoisotopic (exact) mass is 251 g/mol. The SMILES string of the molecule is Cc1c(C(=O)NC[C@H](C)O)oc2c(F)cccc12. The van der Waals surface area contributed by atoms with Gasteiger partial charge in [-0.3, -0.25) is 4.79 Å². The number of furan rings is 1. The molecule has 0 fully saturated rings. The van der Waals surface area contributed by atoms with Gasteiger partial charge in [-0.2, -0.15) is 0 Å². The molecule has 2 aromatic rings. The van der Waals surface area contributed by atoms with Crippen molar-refractivity contribution in [1.29, 1.82) is 0 Å². The summed E-state index contributed by atoms with van der Waals surface area (Å²) in [6.07, 6.45) is -0.643. The second-order valence-corrected chi connectivity index (χ2v) is 4.23. The zero-order valence-corrected chi connectivity index (χ0v) is 10.2. The van der Waals surface area contributed by atoms with Crippen molar-refractivity contribution in [1.82, 2.24) is 5.32 Å². The first-order valence-electron chi connectivity index (χ1n) is 5.64. The maximum absolute atomic E-state index is 13.5. The van der Waals surface area contributed by atoms with Crippen LogP contribution < -0.4 is 5.32 Å². The van der Waals surface area contributed by atoms with Gasteiger partial charge in [0.15, 0.2) is 17.2 Å². The number of aryl methyl sites for hydroxylation is 1. The predicted molar refractivity (Wildman–Crippen MR) is 64.9 cm³/mol. The molecule has 0 aliphatic heterocycles. The van der Waals surface area contributed by atoms with E-state index in [1.54, 1.807) is 26.0 Å². The third-order valence-corrected chi connectivity index (χ3v) is 2.68. The average Bonchev–Trinajstić information content (AvgIpc) is 2.66. The summed E-state index contributed by atoms with van der Waals surface area (Å²) in [5.41, 5.74) is 0.671. The van der Waals surface area contributed by atoms with Gasteiger partial charge in [-0.25, -0.2) is 4.39 Å². The van der Waals surface area contributed by atoms with Crippen LogP contribution in [0.1, 0.15) is 23.0 Å². The summed E-state index contributed by atoms with van der Waals surface area (Å²) in [4.78, 5) is 11.8. The van der Waals surface area contributed by atoms with E-state index < -0.39 is 17.8 Å². The summed E-state index contributed by atoms with van der Waals surface area (Å²) >= 11 is 0. The van der Waals surface area contributed by atoms with E-state index in [0.717, 1.165) is 0 Å². The highest BCUT2D eigenvalue weighted by molar-refractivity contribution is 5.98. The van der Waals surface area contributed by atoms with E-state index in [9.17, 15) is 9.18 Å². The van der Waals surface area contributed by atoms with Gasteiger partial charge in [0.2, 0.25) is 0 Å². The minimum atomic E-state index is -0.643. The Bertz CT molecular complexity index is 589. The number of aliphatic hydroxyl groups excluding tert-OH is 1. The van der Waals surface area contributed by atoms with Crippen LogP contribution in [0.15, 0.2) is 22.6 Å². The molecule has 5 heteroatoms. The third kappa shape index (κ3) is 2.22. The van der Waals surface area contributed by atoms with Crippen molar-refractivity contribution in [3.8, 4) is 0 Å². The maximum Gasteiger partial charge on any atom is 0.287 e. The molecular weight excluding hydrogens is 237 g/mol. The average molecular weight is 251 g/mol. The van der Waals surface area contributed by atoms with Crippen LogP contribution in [0.5, 0.6) is 0 Å². The normalized spacial score (nSPS) is 12.7. The Balaban J connectivity index is 2.37. The molecule has 0 unspecified atom stereocenters. The molecule has 1 heterocycles. The van der Waals surface area contributed by atoms with E-state index in [1.807, 2.05) is 0 Å². The van der Waals surface area contributed by atoms with Crippen molar-refractivity contribution in [3.05, 3.63) is 35.3 Å². The van der Waals surface area contributed by atoms with E-state index in [4.69, 9.17) is 9.52 Å². The molecule has 1 aromatic heterocycles. The van der Waals surface area contributed by atoms with Crippen molar-refractivity contribution < 1.29 is 18.7 Å². The van der Waals surface area contributed by atoms with E-state index in [1.165, 1.54) is 6.07 Å². The lowest BCUT2D eigenvalue weighted by molar-refractivity contribution is 0.0897. The predicted octanol–water partition coefficient (Wildman–Crippen LogP) is 1.99. The smallest absolute Gasteiger partial charge is 0.287 e. The molecule has 0 aliphatic carbocycles. The Hall–Kier alpha value is -1.88. The summed E-state index contributed by atoms with van der Waals surface area (Å²) < 4.78 is 18.7. The largest absolute Gasteiger partial charge is 0.448 e. The van der Waals surface area contributed by atoms with Crippen LogP contribution in [-0.4, -0.2) is 23.7 Å². The molecule has 1 amide bonds. The zero-order valence-electron chi connectivity index (χ0n) is 10.2. The molecule has 2 rings (SSSR count). The van der Waals surface area contributed by atoms with Crippen molar-refractivity contribution in [2.24, 2.45) is 0 Å². The Morgan fingerprint density at radius 1 is 1.56 bits per heavy atom. The van der Waals surface area contributed by atoms with E-state index in [0.29, 0.717) is 10.9 Å². The fraction of sp³-hybridized carbons (Fsp3) is 0.308. The van der Waals surface area contributed by atoms with Crippen LogP contribution in [0.4, 0.5) is 4.39 Å². The second kappa shape index (κ2) is 4.78. The van der Waals surface area contributed by atoms with Crippen LogP contribution in [0.3, 0.4) is 0 Å². The molecule has 2 N–H and O–H groups in total. The lowest BCUT2D eigenvalue weighted by Gasteiger charge is -2.05. The fourth-order valence-electron chi connectivity index (χ4n) is 1.75. The van der Waals surface area contributed by atoms with Crippen LogP contribution >= 0.6 is 0 Å².